The topological polar surface area (TPSA) is 113 Å². The zero-order valence-electron chi connectivity index (χ0n) is 11.8. The van der Waals surface area contributed by atoms with E-state index in [0.29, 0.717) is 17.3 Å². The fraction of sp³-hybridized carbons (Fsp3) is 0.308. The van der Waals surface area contributed by atoms with E-state index in [9.17, 15) is 22.8 Å². The standard InChI is InChI=1S/C13H15N3O5S/c1-2-7-14-13(19)15-11(17)8-16-12(18)9-5-3-4-6-10(9)22(16,20)21/h3-6H,2,7-8H2,1H3,(H2,14,15,17,19). The van der Waals surface area contributed by atoms with Crippen LogP contribution in [0.3, 0.4) is 0 Å². The number of rotatable bonds is 4. The first-order chi connectivity index (χ1) is 10.4. The smallest absolute Gasteiger partial charge is 0.321 e. The van der Waals surface area contributed by atoms with Gasteiger partial charge in [-0.2, -0.15) is 0 Å². The Labute approximate surface area is 127 Å². The molecule has 1 heterocycles. The number of sulfonamides is 1. The van der Waals surface area contributed by atoms with Crippen molar-refractivity contribution in [2.75, 3.05) is 13.1 Å². The molecule has 1 aromatic carbocycles. The molecule has 2 rings (SSSR count). The molecule has 1 aliphatic rings. The van der Waals surface area contributed by atoms with Gasteiger partial charge < -0.3 is 5.32 Å². The van der Waals surface area contributed by atoms with Crippen LogP contribution in [0, 0.1) is 0 Å². The van der Waals surface area contributed by atoms with E-state index in [1.54, 1.807) is 0 Å². The number of amides is 4. The van der Waals surface area contributed by atoms with Crippen molar-refractivity contribution in [3.63, 3.8) is 0 Å². The fourth-order valence-corrected chi connectivity index (χ4v) is 3.49. The van der Waals surface area contributed by atoms with Gasteiger partial charge in [-0.15, -0.1) is 0 Å². The molecule has 0 atom stereocenters. The van der Waals surface area contributed by atoms with Crippen LogP contribution in [0.15, 0.2) is 29.2 Å². The number of carbonyl (C=O) groups is 3. The highest BCUT2D eigenvalue weighted by Gasteiger charge is 2.41. The maximum atomic E-state index is 12.2. The van der Waals surface area contributed by atoms with Crippen molar-refractivity contribution in [3.8, 4) is 0 Å². The molecule has 0 unspecified atom stereocenters. The maximum absolute atomic E-state index is 12.2. The second-order valence-corrected chi connectivity index (χ2v) is 6.45. The first kappa shape index (κ1) is 16.0. The first-order valence-corrected chi connectivity index (χ1v) is 8.05. The summed E-state index contributed by atoms with van der Waals surface area (Å²) in [5, 5.41) is 4.39. The Hall–Kier alpha value is -2.42. The Bertz CT molecular complexity index is 729. The number of fused-ring (bicyclic) bond motifs is 1. The molecule has 22 heavy (non-hydrogen) atoms. The molecule has 8 nitrogen and oxygen atoms in total. The minimum absolute atomic E-state index is 0.0192. The van der Waals surface area contributed by atoms with Gasteiger partial charge in [0.1, 0.15) is 11.4 Å². The number of nitrogens with one attached hydrogen (secondary N) is 2. The summed E-state index contributed by atoms with van der Waals surface area (Å²) in [5.41, 5.74) is 0.0192. The number of carbonyl (C=O) groups excluding carboxylic acids is 3. The molecule has 0 fully saturated rings. The molecular formula is C13H15N3O5S. The highest BCUT2D eigenvalue weighted by atomic mass is 32.2. The van der Waals surface area contributed by atoms with Gasteiger partial charge in [0.2, 0.25) is 5.91 Å². The van der Waals surface area contributed by atoms with Gasteiger partial charge in [-0.3, -0.25) is 14.9 Å². The number of urea groups is 1. The van der Waals surface area contributed by atoms with Crippen LogP contribution in [0.5, 0.6) is 0 Å². The molecule has 118 valence electrons. The van der Waals surface area contributed by atoms with Crippen LogP contribution in [0.2, 0.25) is 0 Å². The van der Waals surface area contributed by atoms with Gasteiger partial charge in [0.05, 0.1) is 5.56 Å². The van der Waals surface area contributed by atoms with Gasteiger partial charge in [-0.25, -0.2) is 17.5 Å². The molecule has 2 N–H and O–H groups in total. The summed E-state index contributed by atoms with van der Waals surface area (Å²) in [6, 6.07) is 4.98. The van der Waals surface area contributed by atoms with Crippen molar-refractivity contribution in [1.82, 2.24) is 14.9 Å². The van der Waals surface area contributed by atoms with Gasteiger partial charge in [0, 0.05) is 6.54 Å². The number of nitrogens with zero attached hydrogens (tertiary/aromatic N) is 1. The summed E-state index contributed by atoms with van der Waals surface area (Å²) in [6.45, 7) is 1.48. The molecular weight excluding hydrogens is 310 g/mol. The first-order valence-electron chi connectivity index (χ1n) is 6.61. The van der Waals surface area contributed by atoms with E-state index in [0.717, 1.165) is 0 Å². The average molecular weight is 325 g/mol. The third kappa shape index (κ3) is 2.93. The third-order valence-electron chi connectivity index (χ3n) is 2.99. The van der Waals surface area contributed by atoms with Gasteiger partial charge in [-0.05, 0) is 18.6 Å². The minimum atomic E-state index is -4.05. The zero-order valence-corrected chi connectivity index (χ0v) is 12.6. The van der Waals surface area contributed by atoms with Gasteiger partial charge in [0.25, 0.3) is 15.9 Å². The Morgan fingerprint density at radius 1 is 1.23 bits per heavy atom. The van der Waals surface area contributed by atoms with Crippen molar-refractivity contribution in [2.45, 2.75) is 18.2 Å². The predicted molar refractivity (Wildman–Crippen MR) is 76.5 cm³/mol. The van der Waals surface area contributed by atoms with E-state index in [1.807, 2.05) is 12.2 Å². The molecule has 0 spiro atoms. The Morgan fingerprint density at radius 2 is 1.91 bits per heavy atom. The highest BCUT2D eigenvalue weighted by Crippen LogP contribution is 2.29. The third-order valence-corrected chi connectivity index (χ3v) is 4.77. The Balaban J connectivity index is 2.10. The summed E-state index contributed by atoms with van der Waals surface area (Å²) in [4.78, 5) is 35.0. The van der Waals surface area contributed by atoms with Crippen LogP contribution in [0.25, 0.3) is 0 Å². The lowest BCUT2D eigenvalue weighted by atomic mass is 10.2. The summed E-state index contributed by atoms with van der Waals surface area (Å²) in [6.07, 6.45) is 0.690. The summed E-state index contributed by atoms with van der Waals surface area (Å²) in [7, 11) is -4.05. The molecule has 0 bridgehead atoms. The predicted octanol–water partition coefficient (Wildman–Crippen LogP) is 0.0669. The van der Waals surface area contributed by atoms with Crippen molar-refractivity contribution >= 4 is 27.9 Å². The Kier molecular flexibility index (Phi) is 4.45. The van der Waals surface area contributed by atoms with Gasteiger partial charge in [-0.1, -0.05) is 19.1 Å². The van der Waals surface area contributed by atoms with Crippen LogP contribution in [-0.4, -0.2) is 43.7 Å². The molecule has 9 heteroatoms. The molecule has 0 aliphatic carbocycles. The van der Waals surface area contributed by atoms with E-state index in [1.165, 1.54) is 24.3 Å². The zero-order chi connectivity index (χ0) is 16.3. The second kappa shape index (κ2) is 6.14. The summed E-state index contributed by atoms with van der Waals surface area (Å²) in [5.74, 6) is -1.65. The number of hydrogen-bond donors (Lipinski definition) is 2. The molecule has 0 radical (unpaired) electrons. The molecule has 4 amide bonds. The van der Waals surface area contributed by atoms with Crippen LogP contribution in [-0.2, 0) is 14.8 Å². The quantitative estimate of drug-likeness (QED) is 0.813. The average Bonchev–Trinajstić information content (AvgIpc) is 2.67. The van der Waals surface area contributed by atoms with Gasteiger partial charge in [0.15, 0.2) is 0 Å². The molecule has 0 aromatic heterocycles. The van der Waals surface area contributed by atoms with E-state index in [-0.39, 0.29) is 10.5 Å². The second-order valence-electron chi connectivity index (χ2n) is 4.62. The highest BCUT2D eigenvalue weighted by molar-refractivity contribution is 7.90. The van der Waals surface area contributed by atoms with Crippen LogP contribution >= 0.6 is 0 Å². The number of imide groups is 1. The number of benzene rings is 1. The lowest BCUT2D eigenvalue weighted by molar-refractivity contribution is -0.119. The minimum Gasteiger partial charge on any atom is -0.338 e. The van der Waals surface area contributed by atoms with E-state index < -0.39 is 34.4 Å². The van der Waals surface area contributed by atoms with E-state index >= 15 is 0 Å². The largest absolute Gasteiger partial charge is 0.338 e. The van der Waals surface area contributed by atoms with Crippen molar-refractivity contribution in [3.05, 3.63) is 29.8 Å². The van der Waals surface area contributed by atoms with Gasteiger partial charge >= 0.3 is 6.03 Å². The monoisotopic (exact) mass is 325 g/mol. The summed E-state index contributed by atoms with van der Waals surface area (Å²) >= 11 is 0. The molecule has 1 aromatic rings. The van der Waals surface area contributed by atoms with Crippen molar-refractivity contribution in [1.29, 1.82) is 0 Å². The van der Waals surface area contributed by atoms with Crippen molar-refractivity contribution < 1.29 is 22.8 Å². The van der Waals surface area contributed by atoms with Crippen molar-refractivity contribution in [2.24, 2.45) is 0 Å². The normalized spacial score (nSPS) is 15.3. The van der Waals surface area contributed by atoms with Crippen LogP contribution < -0.4 is 10.6 Å². The van der Waals surface area contributed by atoms with E-state index in [4.69, 9.17) is 0 Å². The van der Waals surface area contributed by atoms with E-state index in [2.05, 4.69) is 5.32 Å². The molecule has 1 aliphatic heterocycles. The fourth-order valence-electron chi connectivity index (χ4n) is 1.97. The SMILES string of the molecule is CCCNC(=O)NC(=O)CN1C(=O)c2ccccc2S1(=O)=O. The number of hydrogen-bond acceptors (Lipinski definition) is 5. The van der Waals surface area contributed by atoms with Crippen LogP contribution in [0.4, 0.5) is 4.79 Å². The van der Waals surface area contributed by atoms with Crippen LogP contribution in [0.1, 0.15) is 23.7 Å². The summed E-state index contributed by atoms with van der Waals surface area (Å²) < 4.78 is 24.9. The Morgan fingerprint density at radius 3 is 2.55 bits per heavy atom. The lowest BCUT2D eigenvalue weighted by Crippen LogP contribution is -2.46. The molecule has 0 saturated heterocycles. The maximum Gasteiger partial charge on any atom is 0.321 e. The lowest BCUT2D eigenvalue weighted by Gasteiger charge is -2.14. The molecule has 0 saturated carbocycles.